The number of halogens is 2. The summed E-state index contributed by atoms with van der Waals surface area (Å²) < 4.78 is 35.6. The minimum Gasteiger partial charge on any atom is -0.506 e. The Bertz CT molecular complexity index is 1140. The van der Waals surface area contributed by atoms with Crippen LogP contribution in [0, 0.1) is 18.3 Å². The van der Waals surface area contributed by atoms with Crippen molar-refractivity contribution in [3.05, 3.63) is 88.7 Å². The highest BCUT2D eigenvalue weighted by Crippen LogP contribution is 2.45. The van der Waals surface area contributed by atoms with Gasteiger partial charge in [-0.2, -0.15) is 14.0 Å². The van der Waals surface area contributed by atoms with Gasteiger partial charge in [-0.25, -0.2) is 4.79 Å². The number of aromatic nitrogens is 1. The smallest absolute Gasteiger partial charge is 0.375 e. The molecule has 0 amide bonds. The SMILES string of the molecule is Cc1cccc([C@@H](c2cc(C#N)c(O)cc2OCc2cccnc2)C(F)(F)C(=O)O)c1. The third kappa shape index (κ3) is 4.61. The predicted octanol–water partition coefficient (Wildman–Crippen LogP) is 4.40. The van der Waals surface area contributed by atoms with Gasteiger partial charge in [0.15, 0.2) is 0 Å². The molecule has 0 unspecified atom stereocenters. The summed E-state index contributed by atoms with van der Waals surface area (Å²) >= 11 is 0. The van der Waals surface area contributed by atoms with E-state index in [-0.39, 0.29) is 29.0 Å². The first-order valence-corrected chi connectivity index (χ1v) is 9.20. The van der Waals surface area contributed by atoms with Crippen LogP contribution in [0.2, 0.25) is 0 Å². The standard InChI is InChI=1S/C23H18F2N2O4/c1-14-4-2-6-16(8-14)21(23(24,25)22(29)30)18-9-17(11-26)19(28)10-20(18)31-13-15-5-3-7-27-12-15/h2-10,12,21,28H,13H2,1H3,(H,29,30)/t21-/m0/s1. The number of carboxylic acids is 1. The van der Waals surface area contributed by atoms with Gasteiger partial charge in [-0.15, -0.1) is 0 Å². The number of benzene rings is 2. The molecule has 2 aromatic carbocycles. The molecule has 1 heterocycles. The molecule has 3 rings (SSSR count). The molecule has 0 aliphatic heterocycles. The second-order valence-electron chi connectivity index (χ2n) is 6.94. The fraction of sp³-hybridized carbons (Fsp3) is 0.174. The minimum absolute atomic E-state index is 0.0354. The predicted molar refractivity (Wildman–Crippen MR) is 107 cm³/mol. The largest absolute Gasteiger partial charge is 0.506 e. The quantitative estimate of drug-likeness (QED) is 0.583. The van der Waals surface area contributed by atoms with E-state index in [0.29, 0.717) is 11.1 Å². The lowest BCUT2D eigenvalue weighted by molar-refractivity contribution is -0.166. The van der Waals surface area contributed by atoms with E-state index < -0.39 is 23.6 Å². The molecule has 0 bridgehead atoms. The number of rotatable bonds is 7. The van der Waals surface area contributed by atoms with Crippen LogP contribution in [0.15, 0.2) is 60.9 Å². The van der Waals surface area contributed by atoms with Crippen molar-refractivity contribution in [3.8, 4) is 17.6 Å². The van der Waals surface area contributed by atoms with E-state index >= 15 is 0 Å². The number of hydrogen-bond acceptors (Lipinski definition) is 5. The molecule has 0 spiro atoms. The maximum Gasteiger partial charge on any atom is 0.375 e. The number of ether oxygens (including phenoxy) is 1. The summed E-state index contributed by atoms with van der Waals surface area (Å²) in [7, 11) is 0. The molecular formula is C23H18F2N2O4. The Hall–Kier alpha value is -3.99. The molecular weight excluding hydrogens is 406 g/mol. The summed E-state index contributed by atoms with van der Waals surface area (Å²) in [6.45, 7) is 1.63. The van der Waals surface area contributed by atoms with Gasteiger partial charge in [0.05, 0.1) is 11.5 Å². The van der Waals surface area contributed by atoms with Crippen molar-refractivity contribution in [1.82, 2.24) is 4.98 Å². The highest BCUT2D eigenvalue weighted by atomic mass is 19.3. The Morgan fingerprint density at radius 2 is 2.03 bits per heavy atom. The number of aliphatic carboxylic acids is 1. The molecule has 2 N–H and O–H groups in total. The fourth-order valence-electron chi connectivity index (χ4n) is 3.23. The third-order valence-electron chi connectivity index (χ3n) is 4.70. The van der Waals surface area contributed by atoms with E-state index in [1.165, 1.54) is 24.4 Å². The Kier molecular flexibility index (Phi) is 6.16. The van der Waals surface area contributed by atoms with Gasteiger partial charge in [-0.3, -0.25) is 4.98 Å². The van der Waals surface area contributed by atoms with Gasteiger partial charge >= 0.3 is 11.9 Å². The fourth-order valence-corrected chi connectivity index (χ4v) is 3.23. The molecule has 31 heavy (non-hydrogen) atoms. The number of aromatic hydroxyl groups is 1. The number of phenols is 1. The van der Waals surface area contributed by atoms with E-state index in [2.05, 4.69) is 4.98 Å². The van der Waals surface area contributed by atoms with Crippen LogP contribution >= 0.6 is 0 Å². The molecule has 1 atom stereocenters. The van der Waals surface area contributed by atoms with Crippen LogP contribution in [0.3, 0.4) is 0 Å². The Morgan fingerprint density at radius 1 is 1.26 bits per heavy atom. The summed E-state index contributed by atoms with van der Waals surface area (Å²) in [5, 5.41) is 28.7. The van der Waals surface area contributed by atoms with Crippen LogP contribution < -0.4 is 4.74 Å². The monoisotopic (exact) mass is 424 g/mol. The van der Waals surface area contributed by atoms with Crippen molar-refractivity contribution in [1.29, 1.82) is 5.26 Å². The summed E-state index contributed by atoms with van der Waals surface area (Å²) in [5.74, 6) is -9.11. The van der Waals surface area contributed by atoms with Crippen LogP contribution in [0.25, 0.3) is 0 Å². The number of carboxylic acid groups (broad SMARTS) is 1. The van der Waals surface area contributed by atoms with E-state index in [0.717, 1.165) is 12.1 Å². The van der Waals surface area contributed by atoms with Crippen molar-refractivity contribution in [2.75, 3.05) is 0 Å². The van der Waals surface area contributed by atoms with Gasteiger partial charge < -0.3 is 14.9 Å². The highest BCUT2D eigenvalue weighted by Gasteiger charge is 2.50. The first kappa shape index (κ1) is 21.7. The van der Waals surface area contributed by atoms with E-state index in [1.807, 2.05) is 0 Å². The van der Waals surface area contributed by atoms with Gasteiger partial charge in [0.25, 0.3) is 0 Å². The lowest BCUT2D eigenvalue weighted by Gasteiger charge is -2.27. The second-order valence-corrected chi connectivity index (χ2v) is 6.94. The first-order chi connectivity index (χ1) is 14.7. The maximum absolute atomic E-state index is 15.0. The molecule has 0 saturated heterocycles. The summed E-state index contributed by atoms with van der Waals surface area (Å²) in [5.41, 5.74) is 0.821. The van der Waals surface area contributed by atoms with Crippen LogP contribution in [0.5, 0.6) is 11.5 Å². The molecule has 0 radical (unpaired) electrons. The molecule has 0 aliphatic rings. The maximum atomic E-state index is 15.0. The van der Waals surface area contributed by atoms with Crippen molar-refractivity contribution >= 4 is 5.97 Å². The van der Waals surface area contributed by atoms with Crippen molar-refractivity contribution in [2.24, 2.45) is 0 Å². The van der Waals surface area contributed by atoms with Gasteiger partial charge in [-0.1, -0.05) is 35.9 Å². The highest BCUT2D eigenvalue weighted by molar-refractivity contribution is 5.78. The van der Waals surface area contributed by atoms with Crippen LogP contribution in [0.1, 0.15) is 33.7 Å². The zero-order valence-electron chi connectivity index (χ0n) is 16.4. The van der Waals surface area contributed by atoms with Crippen LogP contribution in [-0.2, 0) is 11.4 Å². The molecule has 0 saturated carbocycles. The number of pyridine rings is 1. The number of nitriles is 1. The average Bonchev–Trinajstić information content (AvgIpc) is 2.74. The first-order valence-electron chi connectivity index (χ1n) is 9.20. The van der Waals surface area contributed by atoms with Crippen molar-refractivity contribution in [2.45, 2.75) is 25.4 Å². The van der Waals surface area contributed by atoms with Gasteiger partial charge in [0.1, 0.15) is 24.2 Å². The lowest BCUT2D eigenvalue weighted by Crippen LogP contribution is -2.36. The van der Waals surface area contributed by atoms with Crippen LogP contribution in [-0.4, -0.2) is 27.1 Å². The lowest BCUT2D eigenvalue weighted by atomic mass is 9.83. The minimum atomic E-state index is -4.22. The van der Waals surface area contributed by atoms with E-state index in [9.17, 15) is 29.1 Å². The summed E-state index contributed by atoms with van der Waals surface area (Å²) in [4.78, 5) is 15.4. The summed E-state index contributed by atoms with van der Waals surface area (Å²) in [6, 6.07) is 13.3. The molecule has 8 heteroatoms. The normalized spacial score (nSPS) is 12.1. The molecule has 6 nitrogen and oxygen atoms in total. The third-order valence-corrected chi connectivity index (χ3v) is 4.70. The zero-order chi connectivity index (χ0) is 22.6. The number of phenolic OH excluding ortho intramolecular Hbond substituents is 1. The van der Waals surface area contributed by atoms with Gasteiger partial charge in [0.2, 0.25) is 0 Å². The molecule has 1 aromatic heterocycles. The van der Waals surface area contributed by atoms with Gasteiger partial charge in [0, 0.05) is 29.6 Å². The Labute approximate surface area is 177 Å². The van der Waals surface area contributed by atoms with E-state index in [4.69, 9.17) is 4.74 Å². The Balaban J connectivity index is 2.19. The number of alkyl halides is 2. The van der Waals surface area contributed by atoms with Crippen molar-refractivity contribution < 1.29 is 28.5 Å². The number of aryl methyl sites for hydroxylation is 1. The average molecular weight is 424 g/mol. The van der Waals surface area contributed by atoms with Crippen molar-refractivity contribution in [3.63, 3.8) is 0 Å². The summed E-state index contributed by atoms with van der Waals surface area (Å²) in [6.07, 6.45) is 3.08. The number of hydrogen-bond donors (Lipinski definition) is 2. The zero-order valence-corrected chi connectivity index (χ0v) is 16.4. The number of carbonyl (C=O) groups is 1. The molecule has 3 aromatic rings. The van der Waals surface area contributed by atoms with Crippen LogP contribution in [0.4, 0.5) is 8.78 Å². The van der Waals surface area contributed by atoms with Gasteiger partial charge in [-0.05, 0) is 24.6 Å². The molecule has 0 fully saturated rings. The molecule has 0 aliphatic carbocycles. The number of nitrogens with zero attached hydrogens (tertiary/aromatic N) is 2. The van der Waals surface area contributed by atoms with E-state index in [1.54, 1.807) is 37.4 Å². The topological polar surface area (TPSA) is 103 Å². The Morgan fingerprint density at radius 3 is 2.65 bits per heavy atom. The second kappa shape index (κ2) is 8.79. The molecule has 158 valence electrons.